The first-order valence-corrected chi connectivity index (χ1v) is 5.56. The number of anilines is 1. The fourth-order valence-corrected chi connectivity index (χ4v) is 1.89. The minimum absolute atomic E-state index is 0.144. The lowest BCUT2D eigenvalue weighted by atomic mass is 10.2. The molecule has 1 atom stereocenters. The highest BCUT2D eigenvalue weighted by molar-refractivity contribution is 5.81. The van der Waals surface area contributed by atoms with E-state index < -0.39 is 0 Å². The van der Waals surface area contributed by atoms with Crippen LogP contribution in [-0.4, -0.2) is 10.2 Å². The van der Waals surface area contributed by atoms with Crippen molar-refractivity contribution < 1.29 is 4.42 Å². The van der Waals surface area contributed by atoms with E-state index in [0.717, 1.165) is 22.4 Å². The Bertz CT molecular complexity index is 612. The highest BCUT2D eigenvalue weighted by atomic mass is 16.3. The zero-order chi connectivity index (χ0) is 11.7. The highest BCUT2D eigenvalue weighted by Crippen LogP contribution is 2.22. The lowest BCUT2D eigenvalue weighted by Gasteiger charge is -2.12. The summed E-state index contributed by atoms with van der Waals surface area (Å²) < 4.78 is 5.36. The van der Waals surface area contributed by atoms with E-state index in [1.54, 1.807) is 6.26 Å². The molecular formula is C13H13N3O. The van der Waals surface area contributed by atoms with Gasteiger partial charge in [0.2, 0.25) is 0 Å². The molecule has 4 heteroatoms. The van der Waals surface area contributed by atoms with Gasteiger partial charge in [0, 0.05) is 11.1 Å². The van der Waals surface area contributed by atoms with Crippen molar-refractivity contribution in [1.29, 1.82) is 0 Å². The van der Waals surface area contributed by atoms with Crippen molar-refractivity contribution in [3.63, 3.8) is 0 Å². The monoisotopic (exact) mass is 227 g/mol. The minimum Gasteiger partial charge on any atom is -0.467 e. The van der Waals surface area contributed by atoms with Gasteiger partial charge in [-0.25, -0.2) is 0 Å². The first-order chi connectivity index (χ1) is 8.33. The molecule has 0 radical (unpaired) electrons. The zero-order valence-electron chi connectivity index (χ0n) is 9.47. The van der Waals surface area contributed by atoms with Crippen molar-refractivity contribution in [3.8, 4) is 0 Å². The van der Waals surface area contributed by atoms with E-state index in [1.165, 1.54) is 0 Å². The maximum atomic E-state index is 5.36. The second-order valence-corrected chi connectivity index (χ2v) is 4.05. The molecule has 3 aromatic rings. The molecule has 0 saturated carbocycles. The Morgan fingerprint density at radius 1 is 1.35 bits per heavy atom. The van der Waals surface area contributed by atoms with Gasteiger partial charge < -0.3 is 9.73 Å². The number of hydrogen-bond donors (Lipinski definition) is 2. The molecule has 17 heavy (non-hydrogen) atoms. The van der Waals surface area contributed by atoms with Crippen LogP contribution in [0.4, 0.5) is 5.69 Å². The van der Waals surface area contributed by atoms with Crippen LogP contribution in [-0.2, 0) is 0 Å². The van der Waals surface area contributed by atoms with Gasteiger partial charge in [0.1, 0.15) is 5.76 Å². The molecule has 0 saturated heterocycles. The molecule has 4 nitrogen and oxygen atoms in total. The van der Waals surface area contributed by atoms with Gasteiger partial charge in [0.05, 0.1) is 24.0 Å². The van der Waals surface area contributed by atoms with Gasteiger partial charge in [0.15, 0.2) is 0 Å². The molecule has 0 bridgehead atoms. The molecule has 1 unspecified atom stereocenters. The van der Waals surface area contributed by atoms with E-state index in [0.29, 0.717) is 0 Å². The summed E-state index contributed by atoms with van der Waals surface area (Å²) in [7, 11) is 0. The molecule has 2 heterocycles. The fraction of sp³-hybridized carbons (Fsp3) is 0.154. The number of nitrogens with zero attached hydrogens (tertiary/aromatic N) is 1. The standard InChI is InChI=1S/C13H13N3O/c1-9(13-3-2-6-17-13)15-11-5-4-10-8-14-16-12(10)7-11/h2-9,15H,1H3,(H,14,16). The van der Waals surface area contributed by atoms with Gasteiger partial charge in [-0.3, -0.25) is 5.10 Å². The second kappa shape index (κ2) is 3.97. The number of rotatable bonds is 3. The van der Waals surface area contributed by atoms with E-state index in [-0.39, 0.29) is 6.04 Å². The smallest absolute Gasteiger partial charge is 0.125 e. The number of aromatic nitrogens is 2. The summed E-state index contributed by atoms with van der Waals surface area (Å²) in [6.45, 7) is 2.07. The highest BCUT2D eigenvalue weighted by Gasteiger charge is 2.08. The van der Waals surface area contributed by atoms with Crippen molar-refractivity contribution in [2.24, 2.45) is 0 Å². The van der Waals surface area contributed by atoms with Gasteiger partial charge in [-0.1, -0.05) is 0 Å². The van der Waals surface area contributed by atoms with Crippen molar-refractivity contribution in [2.45, 2.75) is 13.0 Å². The normalized spacial score (nSPS) is 12.8. The molecule has 0 aliphatic carbocycles. The molecule has 0 spiro atoms. The third kappa shape index (κ3) is 1.89. The summed E-state index contributed by atoms with van der Waals surface area (Å²) in [5.41, 5.74) is 2.08. The third-order valence-electron chi connectivity index (χ3n) is 2.80. The Balaban J connectivity index is 1.84. The number of nitrogens with one attached hydrogen (secondary N) is 2. The summed E-state index contributed by atoms with van der Waals surface area (Å²) >= 11 is 0. The Kier molecular flexibility index (Phi) is 2.33. The number of H-pyrrole nitrogens is 1. The molecule has 2 N–H and O–H groups in total. The molecule has 0 amide bonds. The Labute approximate surface area is 98.6 Å². The largest absolute Gasteiger partial charge is 0.467 e. The van der Waals surface area contributed by atoms with E-state index in [1.807, 2.05) is 36.5 Å². The molecule has 0 aliphatic heterocycles. The summed E-state index contributed by atoms with van der Waals surface area (Å²) in [6, 6.07) is 10.1. The lowest BCUT2D eigenvalue weighted by Crippen LogP contribution is -2.05. The lowest BCUT2D eigenvalue weighted by molar-refractivity contribution is 0.490. The molecule has 0 fully saturated rings. The predicted molar refractivity (Wildman–Crippen MR) is 66.8 cm³/mol. The number of hydrogen-bond acceptors (Lipinski definition) is 3. The van der Waals surface area contributed by atoms with Crippen LogP contribution in [0.5, 0.6) is 0 Å². The summed E-state index contributed by atoms with van der Waals surface area (Å²) in [5.74, 6) is 0.926. The molecule has 2 aromatic heterocycles. The van der Waals surface area contributed by atoms with Crippen LogP contribution in [0, 0.1) is 0 Å². The van der Waals surface area contributed by atoms with Crippen molar-refractivity contribution in [1.82, 2.24) is 10.2 Å². The minimum atomic E-state index is 0.144. The predicted octanol–water partition coefficient (Wildman–Crippen LogP) is 3.33. The second-order valence-electron chi connectivity index (χ2n) is 4.05. The van der Waals surface area contributed by atoms with Crippen molar-refractivity contribution in [2.75, 3.05) is 5.32 Å². The van der Waals surface area contributed by atoms with Gasteiger partial charge in [0.25, 0.3) is 0 Å². The molecule has 1 aromatic carbocycles. The van der Waals surface area contributed by atoms with Crippen molar-refractivity contribution in [3.05, 3.63) is 48.6 Å². The van der Waals surface area contributed by atoms with Crippen LogP contribution in [0.1, 0.15) is 18.7 Å². The summed E-state index contributed by atoms with van der Waals surface area (Å²) in [5, 5.41) is 11.5. The van der Waals surface area contributed by atoms with Crippen molar-refractivity contribution >= 4 is 16.6 Å². The van der Waals surface area contributed by atoms with Crippen LogP contribution in [0.3, 0.4) is 0 Å². The Morgan fingerprint density at radius 2 is 2.29 bits per heavy atom. The molecule has 86 valence electrons. The van der Waals surface area contributed by atoms with Crippen LogP contribution in [0.2, 0.25) is 0 Å². The van der Waals surface area contributed by atoms with E-state index in [4.69, 9.17) is 4.42 Å². The van der Waals surface area contributed by atoms with Crippen LogP contribution < -0.4 is 5.32 Å². The Morgan fingerprint density at radius 3 is 3.12 bits per heavy atom. The average molecular weight is 227 g/mol. The molecular weight excluding hydrogens is 214 g/mol. The SMILES string of the molecule is CC(Nc1ccc2cn[nH]c2c1)c1ccco1. The summed E-state index contributed by atoms with van der Waals surface area (Å²) in [6.07, 6.45) is 3.50. The summed E-state index contributed by atoms with van der Waals surface area (Å²) in [4.78, 5) is 0. The van der Waals surface area contributed by atoms with Gasteiger partial charge in [-0.15, -0.1) is 0 Å². The number of benzene rings is 1. The van der Waals surface area contributed by atoms with Crippen LogP contribution in [0.25, 0.3) is 10.9 Å². The third-order valence-corrected chi connectivity index (χ3v) is 2.80. The number of furan rings is 1. The quantitative estimate of drug-likeness (QED) is 0.721. The maximum Gasteiger partial charge on any atom is 0.125 e. The van der Waals surface area contributed by atoms with Crippen LogP contribution >= 0.6 is 0 Å². The Hall–Kier alpha value is -2.23. The van der Waals surface area contributed by atoms with Crippen LogP contribution in [0.15, 0.2) is 47.2 Å². The zero-order valence-corrected chi connectivity index (χ0v) is 9.47. The van der Waals surface area contributed by atoms with Gasteiger partial charge in [-0.2, -0.15) is 5.10 Å². The fourth-order valence-electron chi connectivity index (χ4n) is 1.89. The van der Waals surface area contributed by atoms with E-state index >= 15 is 0 Å². The average Bonchev–Trinajstić information content (AvgIpc) is 2.99. The van der Waals surface area contributed by atoms with E-state index in [2.05, 4.69) is 22.4 Å². The first-order valence-electron chi connectivity index (χ1n) is 5.56. The molecule has 0 aliphatic rings. The molecule has 3 rings (SSSR count). The van der Waals surface area contributed by atoms with Gasteiger partial charge in [-0.05, 0) is 37.3 Å². The van der Waals surface area contributed by atoms with Gasteiger partial charge >= 0.3 is 0 Å². The number of aromatic amines is 1. The van der Waals surface area contributed by atoms with E-state index in [9.17, 15) is 0 Å². The first kappa shape index (κ1) is 9.96. The maximum absolute atomic E-state index is 5.36. The topological polar surface area (TPSA) is 53.9 Å². The number of fused-ring (bicyclic) bond motifs is 1.